The first kappa shape index (κ1) is 11.7. The molecule has 2 rings (SSSR count). The van der Waals surface area contributed by atoms with Gasteiger partial charge in [0.15, 0.2) is 0 Å². The first-order valence-corrected chi connectivity index (χ1v) is 6.28. The Kier molecular flexibility index (Phi) is 3.65. The van der Waals surface area contributed by atoms with Crippen LogP contribution < -0.4 is 4.74 Å². The number of aliphatic hydroxyl groups is 1. The van der Waals surface area contributed by atoms with E-state index in [4.69, 9.17) is 4.74 Å². The molecule has 0 spiro atoms. The molecule has 5 heteroatoms. The zero-order chi connectivity index (χ0) is 11.5. The molecule has 1 fully saturated rings. The molecule has 1 aromatic carbocycles. The molecule has 1 N–H and O–H groups in total. The average molecular weight is 333 g/mol. The highest BCUT2D eigenvalue weighted by Crippen LogP contribution is 2.24. The first-order chi connectivity index (χ1) is 7.68. The zero-order valence-corrected chi connectivity index (χ0v) is 10.7. The second-order valence-corrected chi connectivity index (χ2v) is 5.19. The van der Waals surface area contributed by atoms with Gasteiger partial charge in [0.25, 0.3) is 0 Å². The summed E-state index contributed by atoms with van der Waals surface area (Å²) in [6.45, 7) is 0.542. The number of alkyl halides is 1. The van der Waals surface area contributed by atoms with E-state index in [1.165, 1.54) is 4.90 Å². The summed E-state index contributed by atoms with van der Waals surface area (Å²) < 4.78 is 5.22. The van der Waals surface area contributed by atoms with E-state index in [1.807, 2.05) is 6.07 Å². The van der Waals surface area contributed by atoms with Crippen LogP contribution in [-0.4, -0.2) is 32.8 Å². The molecule has 0 unspecified atom stereocenters. The number of hydrogen-bond acceptors (Lipinski definition) is 3. The summed E-state index contributed by atoms with van der Waals surface area (Å²) in [7, 11) is 0. The van der Waals surface area contributed by atoms with E-state index in [1.54, 1.807) is 24.3 Å². The van der Waals surface area contributed by atoms with Crippen LogP contribution >= 0.6 is 22.6 Å². The molecule has 86 valence electrons. The van der Waals surface area contributed by atoms with E-state index in [0.717, 1.165) is 6.42 Å². The summed E-state index contributed by atoms with van der Waals surface area (Å²) in [5.41, 5.74) is 0. The van der Waals surface area contributed by atoms with Crippen molar-refractivity contribution in [3.8, 4) is 5.75 Å². The number of hydrogen-bond donors (Lipinski definition) is 1. The van der Waals surface area contributed by atoms with Gasteiger partial charge >= 0.3 is 6.09 Å². The van der Waals surface area contributed by atoms with Gasteiger partial charge in [-0.15, -0.1) is 0 Å². The Bertz CT molecular complexity index is 371. The number of carbonyl (C=O) groups is 1. The van der Waals surface area contributed by atoms with Gasteiger partial charge in [0, 0.05) is 6.54 Å². The molecule has 0 aromatic heterocycles. The Morgan fingerprint density at radius 1 is 1.44 bits per heavy atom. The van der Waals surface area contributed by atoms with Crippen molar-refractivity contribution in [3.05, 3.63) is 30.3 Å². The van der Waals surface area contributed by atoms with Crippen molar-refractivity contribution in [1.29, 1.82) is 0 Å². The maximum absolute atomic E-state index is 11.7. The summed E-state index contributed by atoms with van der Waals surface area (Å²) in [6.07, 6.45) is -0.430. The van der Waals surface area contributed by atoms with Crippen LogP contribution in [0.4, 0.5) is 4.79 Å². The number of likely N-dealkylation sites (tertiary alicyclic amines) is 1. The van der Waals surface area contributed by atoms with Gasteiger partial charge in [0.05, 0.1) is 3.92 Å². The monoisotopic (exact) mass is 333 g/mol. The van der Waals surface area contributed by atoms with Crippen molar-refractivity contribution in [1.82, 2.24) is 4.90 Å². The minimum atomic E-state index is -0.739. The normalized spacial score (nSPS) is 24.5. The van der Waals surface area contributed by atoms with Gasteiger partial charge in [-0.1, -0.05) is 40.8 Å². The molecule has 1 amide bonds. The lowest BCUT2D eigenvalue weighted by Gasteiger charge is -2.20. The van der Waals surface area contributed by atoms with Gasteiger partial charge in [-0.3, -0.25) is 4.90 Å². The predicted octanol–water partition coefficient (Wildman–Crippen LogP) is 2.01. The second kappa shape index (κ2) is 5.01. The van der Waals surface area contributed by atoms with Gasteiger partial charge in [-0.05, 0) is 18.6 Å². The molecule has 16 heavy (non-hydrogen) atoms. The van der Waals surface area contributed by atoms with E-state index < -0.39 is 12.3 Å². The van der Waals surface area contributed by atoms with E-state index in [9.17, 15) is 9.90 Å². The van der Waals surface area contributed by atoms with Crippen molar-refractivity contribution in [3.63, 3.8) is 0 Å². The Morgan fingerprint density at radius 3 is 2.69 bits per heavy atom. The molecule has 4 nitrogen and oxygen atoms in total. The topological polar surface area (TPSA) is 49.8 Å². The SMILES string of the molecule is O=C(Oc1ccccc1)N1CC[C@@H](I)[C@@H]1O. The van der Waals surface area contributed by atoms with Crippen molar-refractivity contribution >= 4 is 28.7 Å². The fourth-order valence-corrected chi connectivity index (χ4v) is 2.25. The van der Waals surface area contributed by atoms with Crippen LogP contribution in [0.1, 0.15) is 6.42 Å². The summed E-state index contributed by atoms with van der Waals surface area (Å²) in [5, 5.41) is 9.72. The molecular weight excluding hydrogens is 321 g/mol. The zero-order valence-electron chi connectivity index (χ0n) is 8.54. The van der Waals surface area contributed by atoms with Gasteiger partial charge in [0.1, 0.15) is 12.0 Å². The Hall–Kier alpha value is -0.820. The summed E-state index contributed by atoms with van der Waals surface area (Å²) >= 11 is 2.14. The fourth-order valence-electron chi connectivity index (χ4n) is 1.59. The van der Waals surface area contributed by atoms with Gasteiger partial charge in [-0.25, -0.2) is 4.79 Å². The first-order valence-electron chi connectivity index (χ1n) is 5.04. The number of nitrogens with zero attached hydrogens (tertiary/aromatic N) is 1. The average Bonchev–Trinajstić information content (AvgIpc) is 2.61. The van der Waals surface area contributed by atoms with Gasteiger partial charge in [0.2, 0.25) is 0 Å². The fraction of sp³-hybridized carbons (Fsp3) is 0.364. The third-order valence-electron chi connectivity index (χ3n) is 2.47. The molecule has 0 bridgehead atoms. The molecule has 1 aliphatic heterocycles. The number of benzene rings is 1. The molecule has 0 radical (unpaired) electrons. The van der Waals surface area contributed by atoms with Crippen LogP contribution in [0.5, 0.6) is 5.75 Å². The maximum Gasteiger partial charge on any atom is 0.417 e. The minimum absolute atomic E-state index is 0.0842. The molecule has 1 heterocycles. The van der Waals surface area contributed by atoms with Crippen LogP contribution in [0.2, 0.25) is 0 Å². The number of ether oxygens (including phenoxy) is 1. The smallest absolute Gasteiger partial charge is 0.410 e. The molecule has 0 saturated carbocycles. The summed E-state index contributed by atoms with van der Waals surface area (Å²) in [5.74, 6) is 0.497. The van der Waals surface area contributed by atoms with E-state index in [2.05, 4.69) is 22.6 Å². The number of aliphatic hydroxyl groups excluding tert-OH is 1. The highest BCUT2D eigenvalue weighted by Gasteiger charge is 2.35. The van der Waals surface area contributed by atoms with E-state index in [-0.39, 0.29) is 3.92 Å². The lowest BCUT2D eigenvalue weighted by atomic mass is 10.3. The molecule has 0 aliphatic carbocycles. The van der Waals surface area contributed by atoms with Crippen molar-refractivity contribution in [2.75, 3.05) is 6.54 Å². The van der Waals surface area contributed by atoms with Crippen molar-refractivity contribution in [2.45, 2.75) is 16.6 Å². The standard InChI is InChI=1S/C11H12INO3/c12-9-6-7-13(10(9)14)11(15)16-8-4-2-1-3-5-8/h1-5,9-10,14H,6-7H2/t9-,10+/m1/s1. The molecular formula is C11H12INO3. The largest absolute Gasteiger partial charge is 0.417 e. The number of amides is 1. The quantitative estimate of drug-likeness (QED) is 0.632. The number of carbonyl (C=O) groups excluding carboxylic acids is 1. The predicted molar refractivity (Wildman–Crippen MR) is 67.6 cm³/mol. The number of rotatable bonds is 1. The lowest BCUT2D eigenvalue weighted by molar-refractivity contribution is 0.0490. The Labute approximate surface area is 107 Å². The summed E-state index contributed by atoms with van der Waals surface area (Å²) in [4.78, 5) is 13.1. The Balaban J connectivity index is 1.99. The highest BCUT2D eigenvalue weighted by atomic mass is 127. The van der Waals surface area contributed by atoms with Crippen molar-refractivity contribution in [2.24, 2.45) is 0 Å². The van der Waals surface area contributed by atoms with Crippen LogP contribution in [0.3, 0.4) is 0 Å². The highest BCUT2D eigenvalue weighted by molar-refractivity contribution is 14.1. The van der Waals surface area contributed by atoms with Crippen LogP contribution in [-0.2, 0) is 0 Å². The molecule has 2 atom stereocenters. The lowest BCUT2D eigenvalue weighted by Crippen LogP contribution is -2.39. The summed E-state index contributed by atoms with van der Waals surface area (Å²) in [6, 6.07) is 8.86. The number of para-hydroxylation sites is 1. The number of halogens is 1. The van der Waals surface area contributed by atoms with E-state index >= 15 is 0 Å². The van der Waals surface area contributed by atoms with Gasteiger partial charge in [-0.2, -0.15) is 0 Å². The van der Waals surface area contributed by atoms with Gasteiger partial charge < -0.3 is 9.84 Å². The van der Waals surface area contributed by atoms with Crippen LogP contribution in [0, 0.1) is 0 Å². The maximum atomic E-state index is 11.7. The third kappa shape index (κ3) is 2.46. The third-order valence-corrected chi connectivity index (χ3v) is 3.74. The molecule has 1 aromatic rings. The van der Waals surface area contributed by atoms with Crippen molar-refractivity contribution < 1.29 is 14.6 Å². The van der Waals surface area contributed by atoms with Crippen LogP contribution in [0.25, 0.3) is 0 Å². The molecule has 1 saturated heterocycles. The second-order valence-electron chi connectivity index (χ2n) is 3.59. The van der Waals surface area contributed by atoms with Crippen LogP contribution in [0.15, 0.2) is 30.3 Å². The molecule has 1 aliphatic rings. The van der Waals surface area contributed by atoms with E-state index in [0.29, 0.717) is 12.3 Å². The minimum Gasteiger partial charge on any atom is -0.410 e. The Morgan fingerprint density at radius 2 is 2.12 bits per heavy atom.